The molecule has 0 aromatic heterocycles. The lowest BCUT2D eigenvalue weighted by Crippen LogP contribution is -2.44. The van der Waals surface area contributed by atoms with Crippen molar-refractivity contribution in [1.29, 1.82) is 0 Å². The van der Waals surface area contributed by atoms with E-state index in [2.05, 4.69) is 29.0 Å². The average Bonchev–Trinajstić information content (AvgIpc) is 2.65. The first-order valence-corrected chi connectivity index (χ1v) is 6.99. The number of hydrogen-bond acceptors (Lipinski definition) is 3. The average molecular weight is 312 g/mol. The van der Waals surface area contributed by atoms with Crippen LogP contribution in [0.2, 0.25) is 0 Å². The van der Waals surface area contributed by atoms with E-state index < -0.39 is 0 Å². The van der Waals surface area contributed by atoms with Crippen molar-refractivity contribution in [1.82, 2.24) is 15.1 Å². The molecule has 2 rings (SSSR count). The summed E-state index contributed by atoms with van der Waals surface area (Å²) in [6, 6.07) is 1.20. The maximum atomic E-state index is 12.2. The summed E-state index contributed by atoms with van der Waals surface area (Å²) >= 11 is 0. The molecule has 2 unspecified atom stereocenters. The van der Waals surface area contributed by atoms with E-state index >= 15 is 0 Å². The standard InChI is InChI=1S/C13H25N3O.2ClH/c1-3-15(4-2)10-13(17)16-8-7-11-5-6-12(9-16)14-11;;/h11-12,14H,3-10H2,1-2H3;2*1H. The van der Waals surface area contributed by atoms with Crippen LogP contribution < -0.4 is 5.32 Å². The highest BCUT2D eigenvalue weighted by Crippen LogP contribution is 2.20. The fourth-order valence-corrected chi connectivity index (χ4v) is 2.91. The van der Waals surface area contributed by atoms with Gasteiger partial charge in [0, 0.05) is 25.2 Å². The fourth-order valence-electron chi connectivity index (χ4n) is 2.91. The topological polar surface area (TPSA) is 35.6 Å². The normalized spacial score (nSPS) is 25.5. The van der Waals surface area contributed by atoms with Crippen LogP contribution in [0, 0.1) is 0 Å². The number of likely N-dealkylation sites (tertiary alicyclic amines) is 1. The number of nitrogens with zero attached hydrogens (tertiary/aromatic N) is 2. The SMILES string of the molecule is CCN(CC)CC(=O)N1CCC2CCC(C1)N2.Cl.Cl. The van der Waals surface area contributed by atoms with Crippen molar-refractivity contribution in [2.24, 2.45) is 0 Å². The minimum Gasteiger partial charge on any atom is -0.340 e. The summed E-state index contributed by atoms with van der Waals surface area (Å²) in [5.41, 5.74) is 0. The number of fused-ring (bicyclic) bond motifs is 2. The molecular formula is C13H27Cl2N3O. The summed E-state index contributed by atoms with van der Waals surface area (Å²) in [4.78, 5) is 16.5. The van der Waals surface area contributed by atoms with Gasteiger partial charge in [0.1, 0.15) is 0 Å². The van der Waals surface area contributed by atoms with Crippen LogP contribution in [0.1, 0.15) is 33.1 Å². The van der Waals surface area contributed by atoms with Gasteiger partial charge in [-0.05, 0) is 32.4 Å². The summed E-state index contributed by atoms with van der Waals surface area (Å²) < 4.78 is 0. The number of nitrogens with one attached hydrogen (secondary N) is 1. The van der Waals surface area contributed by atoms with Crippen molar-refractivity contribution in [2.45, 2.75) is 45.2 Å². The molecule has 6 heteroatoms. The number of rotatable bonds is 4. The molecule has 2 aliphatic heterocycles. The van der Waals surface area contributed by atoms with Gasteiger partial charge in [-0.1, -0.05) is 13.8 Å². The molecule has 2 bridgehead atoms. The number of carbonyl (C=O) groups excluding carboxylic acids is 1. The Labute approximate surface area is 129 Å². The lowest BCUT2D eigenvalue weighted by Gasteiger charge is -2.27. The van der Waals surface area contributed by atoms with Crippen LogP contribution in [-0.4, -0.2) is 60.5 Å². The van der Waals surface area contributed by atoms with Gasteiger partial charge in [-0.15, -0.1) is 24.8 Å². The van der Waals surface area contributed by atoms with Crippen molar-refractivity contribution < 1.29 is 4.79 Å². The molecule has 19 heavy (non-hydrogen) atoms. The van der Waals surface area contributed by atoms with E-state index in [1.165, 1.54) is 12.8 Å². The van der Waals surface area contributed by atoms with Gasteiger partial charge in [0.15, 0.2) is 0 Å². The molecule has 0 aliphatic carbocycles. The minimum absolute atomic E-state index is 0. The maximum absolute atomic E-state index is 12.2. The van der Waals surface area contributed by atoms with Crippen molar-refractivity contribution >= 4 is 30.7 Å². The fraction of sp³-hybridized carbons (Fsp3) is 0.923. The van der Waals surface area contributed by atoms with Crippen LogP contribution >= 0.6 is 24.8 Å². The predicted octanol–water partition coefficient (Wildman–Crippen LogP) is 1.52. The van der Waals surface area contributed by atoms with Crippen LogP contribution in [0.4, 0.5) is 0 Å². The smallest absolute Gasteiger partial charge is 0.236 e. The van der Waals surface area contributed by atoms with Crippen LogP contribution in [0.15, 0.2) is 0 Å². The Morgan fingerprint density at radius 1 is 1.16 bits per heavy atom. The first-order valence-electron chi connectivity index (χ1n) is 6.99. The molecule has 4 nitrogen and oxygen atoms in total. The largest absolute Gasteiger partial charge is 0.340 e. The molecule has 1 amide bonds. The third kappa shape index (κ3) is 5.10. The Morgan fingerprint density at radius 2 is 1.79 bits per heavy atom. The molecule has 2 atom stereocenters. The molecule has 114 valence electrons. The van der Waals surface area contributed by atoms with E-state index in [1.54, 1.807) is 0 Å². The minimum atomic E-state index is 0. The van der Waals surface area contributed by atoms with Crippen LogP contribution in [-0.2, 0) is 4.79 Å². The third-order valence-corrected chi connectivity index (χ3v) is 4.13. The van der Waals surface area contributed by atoms with Crippen LogP contribution in [0.5, 0.6) is 0 Å². The first-order chi connectivity index (χ1) is 8.22. The van der Waals surface area contributed by atoms with Gasteiger partial charge in [0.05, 0.1) is 6.54 Å². The van der Waals surface area contributed by atoms with Crippen LogP contribution in [0.3, 0.4) is 0 Å². The molecule has 0 aromatic rings. The molecule has 2 heterocycles. The zero-order valence-corrected chi connectivity index (χ0v) is 13.6. The third-order valence-electron chi connectivity index (χ3n) is 4.13. The van der Waals surface area contributed by atoms with E-state index in [1.807, 2.05) is 0 Å². The van der Waals surface area contributed by atoms with Crippen LogP contribution in [0.25, 0.3) is 0 Å². The summed E-state index contributed by atoms with van der Waals surface area (Å²) in [5.74, 6) is 0.308. The Hall–Kier alpha value is -0.0300. The second kappa shape index (κ2) is 9.01. The predicted molar refractivity (Wildman–Crippen MR) is 83.4 cm³/mol. The van der Waals surface area contributed by atoms with Crippen molar-refractivity contribution in [3.63, 3.8) is 0 Å². The van der Waals surface area contributed by atoms with Gasteiger partial charge in [-0.2, -0.15) is 0 Å². The number of likely N-dealkylation sites (N-methyl/N-ethyl adjacent to an activating group) is 1. The monoisotopic (exact) mass is 311 g/mol. The van der Waals surface area contributed by atoms with Gasteiger partial charge in [0.2, 0.25) is 5.91 Å². The Morgan fingerprint density at radius 3 is 2.42 bits per heavy atom. The molecule has 1 N–H and O–H groups in total. The van der Waals surface area contributed by atoms with E-state index in [0.29, 0.717) is 24.5 Å². The van der Waals surface area contributed by atoms with Crippen molar-refractivity contribution in [3.8, 4) is 0 Å². The summed E-state index contributed by atoms with van der Waals surface area (Å²) in [5, 5.41) is 3.61. The molecular weight excluding hydrogens is 285 g/mol. The lowest BCUT2D eigenvalue weighted by molar-refractivity contribution is -0.132. The summed E-state index contributed by atoms with van der Waals surface area (Å²) in [6.07, 6.45) is 3.66. The molecule has 0 radical (unpaired) electrons. The lowest BCUT2D eigenvalue weighted by atomic mass is 10.1. The highest BCUT2D eigenvalue weighted by Gasteiger charge is 2.31. The van der Waals surface area contributed by atoms with Gasteiger partial charge in [0.25, 0.3) is 0 Å². The molecule has 0 spiro atoms. The zero-order valence-electron chi connectivity index (χ0n) is 11.9. The highest BCUT2D eigenvalue weighted by atomic mass is 35.5. The summed E-state index contributed by atoms with van der Waals surface area (Å²) in [7, 11) is 0. The van der Waals surface area contributed by atoms with E-state index in [-0.39, 0.29) is 24.8 Å². The van der Waals surface area contributed by atoms with Gasteiger partial charge in [-0.25, -0.2) is 0 Å². The van der Waals surface area contributed by atoms with Gasteiger partial charge < -0.3 is 10.2 Å². The number of carbonyl (C=O) groups is 1. The maximum Gasteiger partial charge on any atom is 0.236 e. The van der Waals surface area contributed by atoms with E-state index in [9.17, 15) is 4.79 Å². The zero-order chi connectivity index (χ0) is 12.3. The highest BCUT2D eigenvalue weighted by molar-refractivity contribution is 5.85. The quantitative estimate of drug-likeness (QED) is 0.855. The second-order valence-corrected chi connectivity index (χ2v) is 5.23. The van der Waals surface area contributed by atoms with Crippen molar-refractivity contribution in [3.05, 3.63) is 0 Å². The number of amides is 1. The van der Waals surface area contributed by atoms with Crippen molar-refractivity contribution in [2.75, 3.05) is 32.7 Å². The Balaban J connectivity index is 0.00000162. The van der Waals surface area contributed by atoms with E-state index in [0.717, 1.165) is 32.6 Å². The van der Waals surface area contributed by atoms with Gasteiger partial charge >= 0.3 is 0 Å². The molecule has 0 aromatic carbocycles. The number of hydrogen-bond donors (Lipinski definition) is 1. The Kier molecular flexibility index (Phi) is 8.99. The first kappa shape index (κ1) is 19.0. The van der Waals surface area contributed by atoms with E-state index in [4.69, 9.17) is 0 Å². The second-order valence-electron chi connectivity index (χ2n) is 5.23. The molecule has 0 saturated carbocycles. The molecule has 2 saturated heterocycles. The molecule has 2 fully saturated rings. The number of halogens is 2. The van der Waals surface area contributed by atoms with Gasteiger partial charge in [-0.3, -0.25) is 9.69 Å². The Bertz CT molecular complexity index is 275. The summed E-state index contributed by atoms with van der Waals surface area (Å²) in [6.45, 7) is 8.58. The molecule has 2 aliphatic rings.